The van der Waals surface area contributed by atoms with E-state index in [0.717, 1.165) is 12.2 Å². The fraction of sp³-hybridized carbons (Fsp3) is 0.357. The number of hydrogen-bond donors (Lipinski definition) is 1. The minimum Gasteiger partial charge on any atom is -0.462 e. The molecule has 2 N–H and O–H groups in total. The second-order valence-electron chi connectivity index (χ2n) is 4.18. The lowest BCUT2D eigenvalue weighted by Crippen LogP contribution is -2.10. The summed E-state index contributed by atoms with van der Waals surface area (Å²) >= 11 is 3.29. The molecule has 7 heteroatoms. The highest BCUT2D eigenvalue weighted by molar-refractivity contribution is 7.98. The van der Waals surface area contributed by atoms with Crippen LogP contribution in [-0.4, -0.2) is 22.5 Å². The lowest BCUT2D eigenvalue weighted by molar-refractivity contribution is 0.0526. The highest BCUT2D eigenvalue weighted by atomic mass is 32.2. The number of thiophene rings is 1. The Bertz CT molecular complexity index is 628. The first-order valence-electron chi connectivity index (χ1n) is 6.64. The zero-order valence-corrected chi connectivity index (χ0v) is 13.6. The molecule has 0 saturated carbocycles. The van der Waals surface area contributed by atoms with E-state index in [4.69, 9.17) is 10.5 Å². The summed E-state index contributed by atoms with van der Waals surface area (Å²) in [4.78, 5) is 22.6. The number of nitrogen functional groups attached to an aromatic ring is 1. The van der Waals surface area contributed by atoms with Crippen LogP contribution in [-0.2, 0) is 16.9 Å². The summed E-state index contributed by atoms with van der Waals surface area (Å²) in [5.41, 5.74) is 6.00. The molecule has 2 aromatic rings. The Labute approximate surface area is 131 Å². The third kappa shape index (κ3) is 4.18. The number of esters is 1. The third-order valence-corrected chi connectivity index (χ3v) is 5.02. The Morgan fingerprint density at radius 2 is 2.14 bits per heavy atom. The molecule has 0 aromatic carbocycles. The van der Waals surface area contributed by atoms with Gasteiger partial charge in [0, 0.05) is 21.7 Å². The summed E-state index contributed by atoms with van der Waals surface area (Å²) in [6.45, 7) is 4.18. The van der Waals surface area contributed by atoms with E-state index in [9.17, 15) is 4.79 Å². The summed E-state index contributed by atoms with van der Waals surface area (Å²) in [6.07, 6.45) is 2.47. The standard InChI is InChI=1S/C14H17N3O2S2/c1-3-9-5-6-10(21-9)8-20-14-16-7-11(12(15)17-14)13(18)19-4-2/h5-7H,3-4,8H2,1-2H3,(H2,15,16,17). The predicted octanol–water partition coefficient (Wildman–Crippen LogP) is 3.15. The van der Waals surface area contributed by atoms with Crippen molar-refractivity contribution in [3.63, 3.8) is 0 Å². The number of carbonyl (C=O) groups is 1. The first-order chi connectivity index (χ1) is 10.1. The molecule has 0 radical (unpaired) electrons. The Balaban J connectivity index is 2.01. The van der Waals surface area contributed by atoms with Crippen LogP contribution in [0.3, 0.4) is 0 Å². The minimum atomic E-state index is -0.489. The quantitative estimate of drug-likeness (QED) is 0.500. The molecule has 2 rings (SSSR count). The minimum absolute atomic E-state index is 0.159. The van der Waals surface area contributed by atoms with Gasteiger partial charge in [0.2, 0.25) is 0 Å². The van der Waals surface area contributed by atoms with Gasteiger partial charge in [-0.2, -0.15) is 0 Å². The first kappa shape index (κ1) is 15.8. The van der Waals surface area contributed by atoms with Gasteiger partial charge in [-0.1, -0.05) is 18.7 Å². The maximum absolute atomic E-state index is 11.6. The van der Waals surface area contributed by atoms with Crippen molar-refractivity contribution >= 4 is 34.9 Å². The van der Waals surface area contributed by atoms with Crippen molar-refractivity contribution in [3.8, 4) is 0 Å². The van der Waals surface area contributed by atoms with Gasteiger partial charge in [0.1, 0.15) is 11.4 Å². The van der Waals surface area contributed by atoms with Gasteiger partial charge in [-0.05, 0) is 25.5 Å². The molecule has 2 heterocycles. The molecule has 0 spiro atoms. The van der Waals surface area contributed by atoms with Crippen LogP contribution in [0.5, 0.6) is 0 Å². The van der Waals surface area contributed by atoms with Gasteiger partial charge in [-0.3, -0.25) is 0 Å². The van der Waals surface area contributed by atoms with Crippen LogP contribution < -0.4 is 5.73 Å². The van der Waals surface area contributed by atoms with Crippen LogP contribution >= 0.6 is 23.1 Å². The fourth-order valence-corrected chi connectivity index (χ4v) is 3.46. The fourth-order valence-electron chi connectivity index (χ4n) is 1.64. The van der Waals surface area contributed by atoms with Gasteiger partial charge in [0.15, 0.2) is 5.16 Å². The molecule has 0 atom stereocenters. The number of aromatic nitrogens is 2. The molecule has 0 bridgehead atoms. The normalized spacial score (nSPS) is 10.6. The van der Waals surface area contributed by atoms with Gasteiger partial charge in [0.25, 0.3) is 0 Å². The van der Waals surface area contributed by atoms with Crippen LogP contribution in [0.15, 0.2) is 23.5 Å². The zero-order valence-electron chi connectivity index (χ0n) is 12.0. The molecular formula is C14H17N3O2S2. The molecule has 0 fully saturated rings. The molecular weight excluding hydrogens is 306 g/mol. The van der Waals surface area contributed by atoms with Crippen molar-refractivity contribution in [3.05, 3.63) is 33.6 Å². The van der Waals surface area contributed by atoms with Gasteiger partial charge in [-0.15, -0.1) is 11.3 Å². The Morgan fingerprint density at radius 1 is 1.38 bits per heavy atom. The maximum Gasteiger partial charge on any atom is 0.343 e. The number of carbonyl (C=O) groups excluding carboxylic acids is 1. The number of anilines is 1. The summed E-state index contributed by atoms with van der Waals surface area (Å²) in [5, 5.41) is 0.562. The SMILES string of the molecule is CCOC(=O)c1cnc(SCc2ccc(CC)s2)nc1N. The average molecular weight is 323 g/mol. The molecule has 0 unspecified atom stereocenters. The van der Waals surface area contributed by atoms with Crippen molar-refractivity contribution in [2.45, 2.75) is 31.2 Å². The number of hydrogen-bond acceptors (Lipinski definition) is 7. The topological polar surface area (TPSA) is 78.1 Å². The Morgan fingerprint density at radius 3 is 2.76 bits per heavy atom. The third-order valence-electron chi connectivity index (χ3n) is 2.70. The molecule has 2 aromatic heterocycles. The van der Waals surface area contributed by atoms with Crippen molar-refractivity contribution in [2.75, 3.05) is 12.3 Å². The summed E-state index contributed by atoms with van der Waals surface area (Å²) < 4.78 is 4.89. The predicted molar refractivity (Wildman–Crippen MR) is 85.7 cm³/mol. The molecule has 0 amide bonds. The van der Waals surface area contributed by atoms with Crippen LogP contribution in [0, 0.1) is 0 Å². The molecule has 0 aliphatic rings. The van der Waals surface area contributed by atoms with Crippen LogP contribution in [0.2, 0.25) is 0 Å². The van der Waals surface area contributed by atoms with Crippen molar-refractivity contribution in [2.24, 2.45) is 0 Å². The highest BCUT2D eigenvalue weighted by Crippen LogP contribution is 2.26. The average Bonchev–Trinajstić information content (AvgIpc) is 2.93. The van der Waals surface area contributed by atoms with E-state index >= 15 is 0 Å². The zero-order chi connectivity index (χ0) is 15.2. The van der Waals surface area contributed by atoms with Crippen molar-refractivity contribution < 1.29 is 9.53 Å². The highest BCUT2D eigenvalue weighted by Gasteiger charge is 2.13. The van der Waals surface area contributed by atoms with E-state index in [0.29, 0.717) is 11.8 Å². The van der Waals surface area contributed by atoms with E-state index in [1.807, 2.05) is 0 Å². The Hall–Kier alpha value is -1.60. The molecule has 0 aliphatic heterocycles. The number of nitrogens with zero attached hydrogens (tertiary/aromatic N) is 2. The first-order valence-corrected chi connectivity index (χ1v) is 8.44. The lowest BCUT2D eigenvalue weighted by Gasteiger charge is -2.05. The van der Waals surface area contributed by atoms with E-state index in [1.54, 1.807) is 18.3 Å². The van der Waals surface area contributed by atoms with Gasteiger partial charge < -0.3 is 10.5 Å². The summed E-state index contributed by atoms with van der Waals surface area (Å²) in [6, 6.07) is 4.26. The molecule has 0 aliphatic carbocycles. The lowest BCUT2D eigenvalue weighted by atomic mass is 10.3. The Kier molecular flexibility index (Phi) is 5.58. The molecule has 0 saturated heterocycles. The van der Waals surface area contributed by atoms with E-state index in [2.05, 4.69) is 29.0 Å². The van der Waals surface area contributed by atoms with Crippen molar-refractivity contribution in [1.82, 2.24) is 9.97 Å². The number of ether oxygens (including phenoxy) is 1. The number of aryl methyl sites for hydroxylation is 1. The van der Waals surface area contributed by atoms with Crippen LogP contribution in [0.25, 0.3) is 0 Å². The van der Waals surface area contributed by atoms with Crippen molar-refractivity contribution in [1.29, 1.82) is 0 Å². The largest absolute Gasteiger partial charge is 0.462 e. The number of nitrogens with two attached hydrogens (primary N) is 1. The molecule has 21 heavy (non-hydrogen) atoms. The summed E-state index contributed by atoms with van der Waals surface area (Å²) in [7, 11) is 0. The van der Waals surface area contributed by atoms with E-state index < -0.39 is 5.97 Å². The van der Waals surface area contributed by atoms with E-state index in [-0.39, 0.29) is 11.4 Å². The smallest absolute Gasteiger partial charge is 0.343 e. The van der Waals surface area contributed by atoms with Crippen LogP contribution in [0.1, 0.15) is 34.0 Å². The second kappa shape index (κ2) is 7.42. The van der Waals surface area contributed by atoms with Crippen LogP contribution in [0.4, 0.5) is 5.82 Å². The summed E-state index contributed by atoms with van der Waals surface area (Å²) in [5.74, 6) is 0.465. The molecule has 112 valence electrons. The van der Waals surface area contributed by atoms with E-state index in [1.165, 1.54) is 27.7 Å². The van der Waals surface area contributed by atoms with Gasteiger partial charge >= 0.3 is 5.97 Å². The monoisotopic (exact) mass is 323 g/mol. The maximum atomic E-state index is 11.6. The number of rotatable bonds is 6. The van der Waals surface area contributed by atoms with Gasteiger partial charge in [-0.25, -0.2) is 14.8 Å². The van der Waals surface area contributed by atoms with Gasteiger partial charge in [0.05, 0.1) is 6.61 Å². The number of thioether (sulfide) groups is 1. The second-order valence-corrected chi connectivity index (χ2v) is 6.38. The molecule has 5 nitrogen and oxygen atoms in total.